The average molecular weight is 455 g/mol. The van der Waals surface area contributed by atoms with Crippen molar-refractivity contribution in [3.8, 4) is 0 Å². The van der Waals surface area contributed by atoms with Crippen LogP contribution >= 0.6 is 12.0 Å². The highest BCUT2D eigenvalue weighted by Crippen LogP contribution is 2.25. The minimum absolute atomic E-state index is 0.0112. The zero-order chi connectivity index (χ0) is 23.1. The lowest BCUT2D eigenvalue weighted by atomic mass is 9.93. The molecule has 0 aromatic heterocycles. The fourth-order valence-electron chi connectivity index (χ4n) is 4.08. The summed E-state index contributed by atoms with van der Waals surface area (Å²) >= 11 is 0.978. The largest absolute Gasteiger partial charge is 0.390 e. The summed E-state index contributed by atoms with van der Waals surface area (Å²) in [5.41, 5.74) is 3.21. The van der Waals surface area contributed by atoms with Gasteiger partial charge in [-0.05, 0) is 43.4 Å². The van der Waals surface area contributed by atoms with E-state index in [4.69, 9.17) is 4.18 Å². The lowest BCUT2D eigenvalue weighted by Gasteiger charge is -2.37. The molecule has 3 unspecified atom stereocenters. The van der Waals surface area contributed by atoms with Crippen molar-refractivity contribution < 1.29 is 18.6 Å². The topological polar surface area (TPSA) is 75.7 Å². The number of benzene rings is 2. The third-order valence-electron chi connectivity index (χ3n) is 5.85. The van der Waals surface area contributed by atoms with Crippen LogP contribution in [0.5, 0.6) is 0 Å². The van der Waals surface area contributed by atoms with Crippen LogP contribution in [0.3, 0.4) is 0 Å². The van der Waals surface area contributed by atoms with E-state index in [1.807, 2.05) is 54.6 Å². The lowest BCUT2D eigenvalue weighted by molar-refractivity contribution is -0.149. The van der Waals surface area contributed by atoms with E-state index >= 15 is 0 Å². The van der Waals surface area contributed by atoms with E-state index in [1.165, 1.54) is 6.92 Å². The van der Waals surface area contributed by atoms with Crippen LogP contribution in [0.4, 0.5) is 0 Å². The molecule has 1 N–H and O–H groups in total. The molecular weight excluding hydrogens is 424 g/mol. The van der Waals surface area contributed by atoms with Crippen LogP contribution < -0.4 is 5.32 Å². The summed E-state index contributed by atoms with van der Waals surface area (Å²) in [6.07, 6.45) is 3.42. The maximum absolute atomic E-state index is 13.4. The molecule has 3 atom stereocenters. The number of rotatable bonds is 9. The first-order valence-corrected chi connectivity index (χ1v) is 12.0. The molecule has 6 nitrogen and oxygen atoms in total. The van der Waals surface area contributed by atoms with Crippen molar-refractivity contribution in [1.29, 1.82) is 0 Å². The number of carbonyl (C=O) groups excluding carboxylic acids is 3. The number of ketones is 1. The van der Waals surface area contributed by atoms with E-state index < -0.39 is 24.1 Å². The second kappa shape index (κ2) is 11.3. The molecule has 1 aliphatic heterocycles. The molecule has 1 heterocycles. The smallest absolute Gasteiger partial charge is 0.341 e. The number of carbonyl (C=O) groups is 3. The van der Waals surface area contributed by atoms with Gasteiger partial charge in [0, 0.05) is 19.2 Å². The van der Waals surface area contributed by atoms with Crippen molar-refractivity contribution in [2.75, 3.05) is 6.26 Å². The molecular formula is C25H30N2O4S. The van der Waals surface area contributed by atoms with Crippen LogP contribution in [0.15, 0.2) is 54.6 Å². The summed E-state index contributed by atoms with van der Waals surface area (Å²) < 4.78 is 5.17. The Morgan fingerprint density at radius 3 is 2.41 bits per heavy atom. The van der Waals surface area contributed by atoms with Crippen molar-refractivity contribution >= 4 is 29.7 Å². The van der Waals surface area contributed by atoms with Crippen LogP contribution in [0.1, 0.15) is 37.0 Å². The van der Waals surface area contributed by atoms with Gasteiger partial charge >= 0.3 is 5.97 Å². The van der Waals surface area contributed by atoms with Crippen LogP contribution in [-0.2, 0) is 38.0 Å². The number of Topliss-reactive ketones (excluding diaryl/α,β-unsaturated/α-hetero) is 1. The number of nitrogens with one attached hydrogen (secondary N) is 1. The molecule has 3 rings (SSSR count). The van der Waals surface area contributed by atoms with Gasteiger partial charge < -0.3 is 9.08 Å². The number of fused-ring (bicyclic) bond motifs is 1. The van der Waals surface area contributed by atoms with Gasteiger partial charge in [-0.15, -0.1) is 0 Å². The summed E-state index contributed by atoms with van der Waals surface area (Å²) in [5.74, 6) is -0.656. The van der Waals surface area contributed by atoms with Crippen LogP contribution in [0, 0.1) is 0 Å². The fourth-order valence-corrected chi connectivity index (χ4v) is 4.36. The zero-order valence-corrected chi connectivity index (χ0v) is 19.6. The zero-order valence-electron chi connectivity index (χ0n) is 18.7. The molecule has 0 aliphatic carbocycles. The Morgan fingerprint density at radius 1 is 1.09 bits per heavy atom. The molecule has 0 radical (unpaired) electrons. The first-order valence-electron chi connectivity index (χ1n) is 10.8. The number of nitrogens with zero attached hydrogens (tertiary/aromatic N) is 1. The van der Waals surface area contributed by atoms with Crippen molar-refractivity contribution in [3.05, 3.63) is 71.3 Å². The average Bonchev–Trinajstić information content (AvgIpc) is 2.80. The highest BCUT2D eigenvalue weighted by atomic mass is 32.2. The third-order valence-corrected chi connectivity index (χ3v) is 6.18. The van der Waals surface area contributed by atoms with Gasteiger partial charge in [-0.2, -0.15) is 0 Å². The molecule has 0 fully saturated rings. The summed E-state index contributed by atoms with van der Waals surface area (Å²) in [7, 11) is 0. The molecule has 0 saturated heterocycles. The van der Waals surface area contributed by atoms with E-state index in [-0.39, 0.29) is 11.7 Å². The van der Waals surface area contributed by atoms with E-state index in [0.29, 0.717) is 19.4 Å². The molecule has 32 heavy (non-hydrogen) atoms. The fraction of sp³-hybridized carbons (Fsp3) is 0.400. The normalized spacial score (nSPS) is 17.2. The van der Waals surface area contributed by atoms with Crippen molar-refractivity contribution in [1.82, 2.24) is 10.2 Å². The molecule has 1 aliphatic rings. The SMILES string of the molecule is CSOC(=O)C1Cc2ccccc2CN1C(=O)C(C)NC(CCc1ccccc1)C(C)=O. The maximum Gasteiger partial charge on any atom is 0.341 e. The number of hydrogen-bond acceptors (Lipinski definition) is 6. The second-order valence-corrected chi connectivity index (χ2v) is 8.60. The Labute approximate surface area is 193 Å². The van der Waals surface area contributed by atoms with E-state index in [2.05, 4.69) is 5.32 Å². The Hall–Kier alpha value is -2.64. The molecule has 0 spiro atoms. The molecule has 1 amide bonds. The third kappa shape index (κ3) is 5.99. The Morgan fingerprint density at radius 2 is 1.75 bits per heavy atom. The molecule has 7 heteroatoms. The van der Waals surface area contributed by atoms with Gasteiger partial charge in [-0.1, -0.05) is 54.6 Å². The first-order chi connectivity index (χ1) is 15.4. The highest BCUT2D eigenvalue weighted by molar-refractivity contribution is 7.94. The molecule has 2 aromatic rings. The van der Waals surface area contributed by atoms with Gasteiger partial charge in [-0.3, -0.25) is 14.9 Å². The summed E-state index contributed by atoms with van der Waals surface area (Å²) in [6, 6.07) is 16.0. The van der Waals surface area contributed by atoms with Gasteiger partial charge in [0.2, 0.25) is 5.91 Å². The standard InChI is InChI=1S/C25H30N2O4S/c1-17(26-22(18(2)28)14-13-19-9-5-4-6-10-19)24(29)27-16-21-12-8-7-11-20(21)15-23(27)25(30)31-32-3/h4-12,17,22-23,26H,13-16H2,1-3H3. The van der Waals surface area contributed by atoms with Gasteiger partial charge in [0.05, 0.1) is 24.1 Å². The maximum atomic E-state index is 13.4. The predicted molar refractivity (Wildman–Crippen MR) is 126 cm³/mol. The monoisotopic (exact) mass is 454 g/mol. The van der Waals surface area contributed by atoms with Gasteiger partial charge in [-0.25, -0.2) is 4.79 Å². The number of hydrogen-bond donors (Lipinski definition) is 1. The minimum atomic E-state index is -0.686. The molecule has 2 aromatic carbocycles. The second-order valence-electron chi connectivity index (χ2n) is 8.10. The molecule has 0 bridgehead atoms. The van der Waals surface area contributed by atoms with E-state index in [9.17, 15) is 14.4 Å². The molecule has 0 saturated carbocycles. The van der Waals surface area contributed by atoms with Crippen LogP contribution in [0.2, 0.25) is 0 Å². The van der Waals surface area contributed by atoms with E-state index in [1.54, 1.807) is 18.1 Å². The Balaban J connectivity index is 1.72. The van der Waals surface area contributed by atoms with Crippen molar-refractivity contribution in [2.24, 2.45) is 0 Å². The van der Waals surface area contributed by atoms with E-state index in [0.717, 1.165) is 35.2 Å². The van der Waals surface area contributed by atoms with Crippen molar-refractivity contribution in [2.45, 2.75) is 57.8 Å². The highest BCUT2D eigenvalue weighted by Gasteiger charge is 2.38. The van der Waals surface area contributed by atoms with Gasteiger partial charge in [0.1, 0.15) is 11.8 Å². The van der Waals surface area contributed by atoms with Crippen molar-refractivity contribution in [3.63, 3.8) is 0 Å². The lowest BCUT2D eigenvalue weighted by Crippen LogP contribution is -2.56. The Kier molecular flexibility index (Phi) is 8.47. The van der Waals surface area contributed by atoms with Crippen LogP contribution in [0.25, 0.3) is 0 Å². The Bertz CT molecular complexity index is 950. The number of amides is 1. The molecule has 170 valence electrons. The van der Waals surface area contributed by atoms with Crippen LogP contribution in [-0.4, -0.2) is 46.9 Å². The van der Waals surface area contributed by atoms with Gasteiger partial charge in [0.25, 0.3) is 0 Å². The van der Waals surface area contributed by atoms with Gasteiger partial charge in [0.15, 0.2) is 0 Å². The quantitative estimate of drug-likeness (QED) is 0.586. The minimum Gasteiger partial charge on any atom is -0.390 e. The predicted octanol–water partition coefficient (Wildman–Crippen LogP) is 3.33. The first kappa shape index (κ1) is 24.0. The summed E-state index contributed by atoms with van der Waals surface area (Å²) in [5, 5.41) is 3.20. The summed E-state index contributed by atoms with van der Waals surface area (Å²) in [4.78, 5) is 39.9. The summed E-state index contributed by atoms with van der Waals surface area (Å²) in [6.45, 7) is 3.62. The number of aryl methyl sites for hydroxylation is 1.